The molecule has 0 fully saturated rings. The molecule has 0 N–H and O–H groups in total. The van der Waals surface area contributed by atoms with E-state index in [4.69, 9.17) is 13.8 Å². The third-order valence-electron chi connectivity index (χ3n) is 3.93. The van der Waals surface area contributed by atoms with E-state index in [2.05, 4.69) is 20.3 Å². The topological polar surface area (TPSA) is 87.1 Å². The van der Waals surface area contributed by atoms with Crippen molar-refractivity contribution in [1.82, 2.24) is 20.3 Å². The van der Waals surface area contributed by atoms with Gasteiger partial charge in [0.1, 0.15) is 0 Å². The van der Waals surface area contributed by atoms with Crippen molar-refractivity contribution in [2.45, 2.75) is 32.1 Å². The van der Waals surface area contributed by atoms with Gasteiger partial charge in [0.15, 0.2) is 6.61 Å². The fraction of sp³-hybridized carbons (Fsp3) is 0.375. The Labute approximate surface area is 141 Å². The number of rotatable bonds is 5. The molecule has 3 heterocycles. The standard InChI is InChI=1S/C16H14F2N4O3/c17-12(18)8-23-13-6-5-9(7-19-13)15-20-16(25-22-15)14-10-3-1-2-4-11(10)21-24-14/h5-7,12H,1-4,8H2. The van der Waals surface area contributed by atoms with Crippen LogP contribution in [0, 0.1) is 0 Å². The number of alkyl halides is 2. The van der Waals surface area contributed by atoms with Gasteiger partial charge in [-0.05, 0) is 31.7 Å². The Hall–Kier alpha value is -2.84. The molecule has 0 amide bonds. The van der Waals surface area contributed by atoms with Crippen molar-refractivity contribution in [3.05, 3.63) is 29.6 Å². The zero-order valence-electron chi connectivity index (χ0n) is 13.1. The van der Waals surface area contributed by atoms with Gasteiger partial charge in [0.05, 0.1) is 5.69 Å². The van der Waals surface area contributed by atoms with Crippen LogP contribution < -0.4 is 4.74 Å². The molecule has 0 aromatic carbocycles. The van der Waals surface area contributed by atoms with E-state index < -0.39 is 13.0 Å². The molecule has 4 rings (SSSR count). The van der Waals surface area contributed by atoms with Crippen molar-refractivity contribution in [2.75, 3.05) is 6.61 Å². The van der Waals surface area contributed by atoms with Gasteiger partial charge in [-0.15, -0.1) is 0 Å². The first-order valence-electron chi connectivity index (χ1n) is 7.89. The highest BCUT2D eigenvalue weighted by molar-refractivity contribution is 5.59. The Balaban J connectivity index is 1.54. The first-order valence-corrected chi connectivity index (χ1v) is 7.89. The maximum Gasteiger partial charge on any atom is 0.297 e. The van der Waals surface area contributed by atoms with Crippen LogP contribution in [0.25, 0.3) is 23.0 Å². The van der Waals surface area contributed by atoms with Crippen LogP contribution in [0.4, 0.5) is 8.78 Å². The summed E-state index contributed by atoms with van der Waals surface area (Å²) in [7, 11) is 0. The van der Waals surface area contributed by atoms with Crippen LogP contribution in [0.5, 0.6) is 5.88 Å². The van der Waals surface area contributed by atoms with E-state index in [0.29, 0.717) is 17.1 Å². The molecule has 0 unspecified atom stereocenters. The van der Waals surface area contributed by atoms with Crippen molar-refractivity contribution in [2.24, 2.45) is 0 Å². The molecule has 0 spiro atoms. The summed E-state index contributed by atoms with van der Waals surface area (Å²) in [5, 5.41) is 7.99. The summed E-state index contributed by atoms with van der Waals surface area (Å²) in [6.45, 7) is -0.699. The van der Waals surface area contributed by atoms with Gasteiger partial charge in [-0.3, -0.25) is 0 Å². The van der Waals surface area contributed by atoms with Gasteiger partial charge >= 0.3 is 0 Å². The number of pyridine rings is 1. The van der Waals surface area contributed by atoms with Crippen LogP contribution in [0.2, 0.25) is 0 Å². The first kappa shape index (κ1) is 15.7. The van der Waals surface area contributed by atoms with Gasteiger partial charge in [0.2, 0.25) is 17.5 Å². The van der Waals surface area contributed by atoms with E-state index in [1.54, 1.807) is 6.07 Å². The molecule has 130 valence electrons. The van der Waals surface area contributed by atoms with E-state index in [1.807, 2.05) is 0 Å². The highest BCUT2D eigenvalue weighted by atomic mass is 19.3. The maximum absolute atomic E-state index is 12.1. The van der Waals surface area contributed by atoms with E-state index in [-0.39, 0.29) is 11.8 Å². The molecular formula is C16H14F2N4O3. The predicted molar refractivity (Wildman–Crippen MR) is 81.2 cm³/mol. The Morgan fingerprint density at radius 2 is 2.00 bits per heavy atom. The summed E-state index contributed by atoms with van der Waals surface area (Å²) >= 11 is 0. The minimum atomic E-state index is -2.55. The third kappa shape index (κ3) is 3.21. The molecule has 1 aliphatic rings. The third-order valence-corrected chi connectivity index (χ3v) is 3.93. The van der Waals surface area contributed by atoms with Gasteiger partial charge < -0.3 is 13.8 Å². The molecule has 0 saturated carbocycles. The number of aromatic nitrogens is 4. The summed E-state index contributed by atoms with van der Waals surface area (Å²) in [5.74, 6) is 1.21. The summed E-state index contributed by atoms with van der Waals surface area (Å²) in [6, 6.07) is 3.10. The lowest BCUT2D eigenvalue weighted by Gasteiger charge is -2.07. The normalized spacial score (nSPS) is 13.9. The average molecular weight is 348 g/mol. The Bertz CT molecular complexity index is 861. The molecule has 3 aromatic rings. The minimum absolute atomic E-state index is 0.108. The molecule has 1 aliphatic carbocycles. The molecule has 25 heavy (non-hydrogen) atoms. The second kappa shape index (κ2) is 6.58. The van der Waals surface area contributed by atoms with Crippen molar-refractivity contribution in [1.29, 1.82) is 0 Å². The molecule has 3 aromatic heterocycles. The summed E-state index contributed by atoms with van der Waals surface area (Å²) in [5.41, 5.74) is 2.55. The van der Waals surface area contributed by atoms with Gasteiger partial charge in [0.25, 0.3) is 12.3 Å². The van der Waals surface area contributed by atoms with E-state index in [1.165, 1.54) is 12.3 Å². The number of fused-ring (bicyclic) bond motifs is 1. The molecule has 0 radical (unpaired) electrons. The lowest BCUT2D eigenvalue weighted by molar-refractivity contribution is 0.0796. The summed E-state index contributed by atoms with van der Waals surface area (Å²) in [4.78, 5) is 8.28. The van der Waals surface area contributed by atoms with Crippen LogP contribution in [-0.4, -0.2) is 33.3 Å². The number of aryl methyl sites for hydroxylation is 1. The number of hydrogen-bond acceptors (Lipinski definition) is 7. The minimum Gasteiger partial charge on any atom is -0.472 e. The number of hydrogen-bond donors (Lipinski definition) is 0. The van der Waals surface area contributed by atoms with Gasteiger partial charge in [-0.1, -0.05) is 10.3 Å². The highest BCUT2D eigenvalue weighted by Gasteiger charge is 2.24. The molecule has 0 atom stereocenters. The van der Waals surface area contributed by atoms with Crippen LogP contribution in [-0.2, 0) is 12.8 Å². The Morgan fingerprint density at radius 1 is 1.12 bits per heavy atom. The monoisotopic (exact) mass is 348 g/mol. The second-order valence-electron chi connectivity index (χ2n) is 5.65. The zero-order valence-corrected chi connectivity index (χ0v) is 13.1. The van der Waals surface area contributed by atoms with Crippen molar-refractivity contribution in [3.63, 3.8) is 0 Å². The van der Waals surface area contributed by atoms with Gasteiger partial charge in [-0.25, -0.2) is 13.8 Å². The maximum atomic E-state index is 12.1. The lowest BCUT2D eigenvalue weighted by Crippen LogP contribution is -2.07. The van der Waals surface area contributed by atoms with Crippen molar-refractivity contribution >= 4 is 0 Å². The van der Waals surface area contributed by atoms with Crippen LogP contribution in [0.3, 0.4) is 0 Å². The molecule has 0 aliphatic heterocycles. The number of nitrogens with zero attached hydrogens (tertiary/aromatic N) is 4. The summed E-state index contributed by atoms with van der Waals surface area (Å²) < 4.78 is 39.7. The van der Waals surface area contributed by atoms with Crippen LogP contribution >= 0.6 is 0 Å². The van der Waals surface area contributed by atoms with E-state index in [0.717, 1.165) is 36.9 Å². The predicted octanol–water partition coefficient (Wildman–Crippen LogP) is 3.31. The Kier molecular flexibility index (Phi) is 4.12. The van der Waals surface area contributed by atoms with Crippen LogP contribution in [0.15, 0.2) is 27.4 Å². The SMILES string of the molecule is FC(F)COc1ccc(-c2noc(-c3onc4c3CCCC4)n2)cn1. The molecule has 9 heteroatoms. The Morgan fingerprint density at radius 3 is 2.80 bits per heavy atom. The van der Waals surface area contributed by atoms with E-state index in [9.17, 15) is 8.78 Å². The van der Waals surface area contributed by atoms with Gasteiger partial charge in [0, 0.05) is 23.4 Å². The quantitative estimate of drug-likeness (QED) is 0.699. The second-order valence-corrected chi connectivity index (χ2v) is 5.65. The number of halogens is 2. The fourth-order valence-corrected chi connectivity index (χ4v) is 2.74. The molecular weight excluding hydrogens is 334 g/mol. The van der Waals surface area contributed by atoms with Crippen LogP contribution in [0.1, 0.15) is 24.1 Å². The smallest absolute Gasteiger partial charge is 0.297 e. The number of ether oxygens (including phenoxy) is 1. The molecule has 0 saturated heterocycles. The van der Waals surface area contributed by atoms with Crippen molar-refractivity contribution in [3.8, 4) is 28.9 Å². The lowest BCUT2D eigenvalue weighted by atomic mass is 9.96. The van der Waals surface area contributed by atoms with E-state index >= 15 is 0 Å². The largest absolute Gasteiger partial charge is 0.472 e. The highest BCUT2D eigenvalue weighted by Crippen LogP contribution is 2.31. The molecule has 7 nitrogen and oxygen atoms in total. The zero-order chi connectivity index (χ0) is 17.2. The summed E-state index contributed by atoms with van der Waals surface area (Å²) in [6.07, 6.45) is 2.83. The van der Waals surface area contributed by atoms with Gasteiger partial charge in [-0.2, -0.15) is 4.98 Å². The molecule has 0 bridgehead atoms. The average Bonchev–Trinajstić information content (AvgIpc) is 3.27. The van der Waals surface area contributed by atoms with Crippen molar-refractivity contribution < 1.29 is 22.6 Å². The fourth-order valence-electron chi connectivity index (χ4n) is 2.74. The first-order chi connectivity index (χ1) is 12.2.